The van der Waals surface area contributed by atoms with E-state index < -0.39 is 0 Å². The van der Waals surface area contributed by atoms with Crippen LogP contribution in [0.3, 0.4) is 0 Å². The molecule has 150 valence electrons. The van der Waals surface area contributed by atoms with Crippen LogP contribution in [0, 0.1) is 11.8 Å². The fourth-order valence-corrected chi connectivity index (χ4v) is 4.75. The van der Waals surface area contributed by atoms with Gasteiger partial charge in [0.1, 0.15) is 6.29 Å². The van der Waals surface area contributed by atoms with Crippen molar-refractivity contribution in [3.8, 4) is 11.1 Å². The van der Waals surface area contributed by atoms with Crippen molar-refractivity contribution < 1.29 is 9.53 Å². The van der Waals surface area contributed by atoms with E-state index in [0.717, 1.165) is 25.9 Å². The average Bonchev–Trinajstić information content (AvgIpc) is 2.99. The number of ether oxygens (including phenoxy) is 1. The van der Waals surface area contributed by atoms with Gasteiger partial charge in [-0.2, -0.15) is 0 Å². The van der Waals surface area contributed by atoms with E-state index in [1.807, 2.05) is 0 Å². The van der Waals surface area contributed by atoms with Gasteiger partial charge in [-0.1, -0.05) is 88.6 Å². The zero-order valence-corrected chi connectivity index (χ0v) is 17.6. The van der Waals surface area contributed by atoms with Gasteiger partial charge in [-0.25, -0.2) is 0 Å². The van der Waals surface area contributed by atoms with E-state index in [4.69, 9.17) is 4.74 Å². The van der Waals surface area contributed by atoms with Crippen LogP contribution in [-0.2, 0) is 14.9 Å². The quantitative estimate of drug-likeness (QED) is 0.333. The Bertz CT molecular complexity index is 732. The van der Waals surface area contributed by atoms with Crippen molar-refractivity contribution in [3.05, 3.63) is 59.7 Å². The van der Waals surface area contributed by atoms with E-state index in [9.17, 15) is 4.79 Å². The first-order valence-corrected chi connectivity index (χ1v) is 10.9. The third kappa shape index (κ3) is 3.93. The third-order valence-corrected chi connectivity index (χ3v) is 6.13. The Balaban J connectivity index is 2.01. The van der Waals surface area contributed by atoms with Crippen LogP contribution in [0.2, 0.25) is 0 Å². The standard InChI is InChI=1S/C26H34O2/c1-4-17-28-19-26(21(18-27)12-6-5-11-20(2)3)24-15-9-7-13-22(24)23-14-8-10-16-25(23)26/h7-10,13-16,18,20-21H,4-6,11-12,17,19H2,1-3H3. The second-order valence-corrected chi connectivity index (χ2v) is 8.54. The van der Waals surface area contributed by atoms with Crippen LogP contribution in [0.5, 0.6) is 0 Å². The number of unbranched alkanes of at least 4 members (excludes halogenated alkanes) is 1. The average molecular weight is 379 g/mol. The van der Waals surface area contributed by atoms with E-state index in [-0.39, 0.29) is 11.3 Å². The minimum atomic E-state index is -0.373. The van der Waals surface area contributed by atoms with E-state index in [1.54, 1.807) is 0 Å². The molecule has 0 saturated heterocycles. The first kappa shape index (κ1) is 20.8. The Kier molecular flexibility index (Phi) is 7.07. The SMILES string of the molecule is CCCOCC1(C(C=O)CCCCC(C)C)c2ccccc2-c2ccccc21. The summed E-state index contributed by atoms with van der Waals surface area (Å²) in [5.74, 6) is 0.644. The molecule has 2 aromatic rings. The Morgan fingerprint density at radius 3 is 2.04 bits per heavy atom. The normalized spacial score (nSPS) is 15.3. The van der Waals surface area contributed by atoms with Gasteiger partial charge in [-0.15, -0.1) is 0 Å². The maximum atomic E-state index is 12.4. The molecule has 0 saturated carbocycles. The molecule has 2 heteroatoms. The molecule has 0 amide bonds. The van der Waals surface area contributed by atoms with Gasteiger partial charge in [0.05, 0.1) is 12.0 Å². The van der Waals surface area contributed by atoms with Crippen molar-refractivity contribution in [1.82, 2.24) is 0 Å². The summed E-state index contributed by atoms with van der Waals surface area (Å²) in [6.45, 7) is 7.96. The predicted octanol–water partition coefficient (Wildman–Crippen LogP) is 6.41. The summed E-state index contributed by atoms with van der Waals surface area (Å²) in [5.41, 5.74) is 4.66. The molecule has 0 N–H and O–H groups in total. The monoisotopic (exact) mass is 378 g/mol. The van der Waals surface area contributed by atoms with Crippen molar-refractivity contribution in [2.45, 2.75) is 58.3 Å². The molecular weight excluding hydrogens is 344 g/mol. The van der Waals surface area contributed by atoms with Gasteiger partial charge in [-0.05, 0) is 41.0 Å². The summed E-state index contributed by atoms with van der Waals surface area (Å²) in [7, 11) is 0. The van der Waals surface area contributed by atoms with Crippen LogP contribution < -0.4 is 0 Å². The van der Waals surface area contributed by atoms with Crippen LogP contribution in [0.4, 0.5) is 0 Å². The maximum Gasteiger partial charge on any atom is 0.124 e. The van der Waals surface area contributed by atoms with Crippen LogP contribution in [-0.4, -0.2) is 19.5 Å². The topological polar surface area (TPSA) is 26.3 Å². The first-order valence-electron chi connectivity index (χ1n) is 10.9. The van der Waals surface area contributed by atoms with Crippen LogP contribution in [0.25, 0.3) is 11.1 Å². The zero-order chi connectivity index (χ0) is 20.0. The summed E-state index contributed by atoms with van der Waals surface area (Å²) >= 11 is 0. The lowest BCUT2D eigenvalue weighted by Crippen LogP contribution is -2.40. The number of hydrogen-bond acceptors (Lipinski definition) is 2. The fourth-order valence-electron chi connectivity index (χ4n) is 4.75. The van der Waals surface area contributed by atoms with Crippen LogP contribution in [0.15, 0.2) is 48.5 Å². The van der Waals surface area contributed by atoms with Gasteiger partial charge in [0.15, 0.2) is 0 Å². The minimum Gasteiger partial charge on any atom is -0.380 e. The van der Waals surface area contributed by atoms with Crippen LogP contribution >= 0.6 is 0 Å². The van der Waals surface area contributed by atoms with Crippen molar-refractivity contribution in [2.24, 2.45) is 11.8 Å². The molecule has 0 aliphatic heterocycles. The minimum absolute atomic E-state index is 0.0682. The summed E-state index contributed by atoms with van der Waals surface area (Å²) in [6, 6.07) is 17.2. The molecule has 2 nitrogen and oxygen atoms in total. The molecule has 0 spiro atoms. The van der Waals surface area contributed by atoms with Crippen molar-refractivity contribution in [1.29, 1.82) is 0 Å². The molecule has 0 radical (unpaired) electrons. The summed E-state index contributed by atoms with van der Waals surface area (Å²) in [6.07, 6.45) is 6.58. The first-order chi connectivity index (χ1) is 13.6. The highest BCUT2D eigenvalue weighted by atomic mass is 16.5. The molecule has 0 aromatic heterocycles. The molecule has 2 aromatic carbocycles. The molecule has 1 unspecified atom stereocenters. The van der Waals surface area contributed by atoms with Gasteiger partial charge in [0, 0.05) is 12.5 Å². The molecule has 0 bridgehead atoms. The van der Waals surface area contributed by atoms with E-state index in [0.29, 0.717) is 12.5 Å². The lowest BCUT2D eigenvalue weighted by molar-refractivity contribution is -0.113. The fraction of sp³-hybridized carbons (Fsp3) is 0.500. The second kappa shape index (κ2) is 9.52. The highest BCUT2D eigenvalue weighted by molar-refractivity contribution is 5.83. The Labute approximate surface area is 170 Å². The van der Waals surface area contributed by atoms with E-state index in [1.165, 1.54) is 41.4 Å². The Morgan fingerprint density at radius 2 is 1.50 bits per heavy atom. The number of rotatable bonds is 11. The highest BCUT2D eigenvalue weighted by Gasteiger charge is 2.48. The van der Waals surface area contributed by atoms with Crippen LogP contribution in [0.1, 0.15) is 64.0 Å². The van der Waals surface area contributed by atoms with Crippen molar-refractivity contribution >= 4 is 6.29 Å². The summed E-state index contributed by atoms with van der Waals surface area (Å²) < 4.78 is 6.15. The second-order valence-electron chi connectivity index (χ2n) is 8.54. The molecular formula is C26H34O2. The number of carbonyl (C=O) groups excluding carboxylic acids is 1. The number of fused-ring (bicyclic) bond motifs is 3. The molecule has 1 aliphatic rings. The zero-order valence-electron chi connectivity index (χ0n) is 17.6. The van der Waals surface area contributed by atoms with Gasteiger partial charge in [0.25, 0.3) is 0 Å². The number of aldehydes is 1. The van der Waals surface area contributed by atoms with Crippen molar-refractivity contribution in [3.63, 3.8) is 0 Å². The smallest absolute Gasteiger partial charge is 0.124 e. The Morgan fingerprint density at radius 1 is 0.929 bits per heavy atom. The largest absolute Gasteiger partial charge is 0.380 e. The lowest BCUT2D eigenvalue weighted by Gasteiger charge is -2.37. The highest BCUT2D eigenvalue weighted by Crippen LogP contribution is 2.53. The third-order valence-electron chi connectivity index (χ3n) is 6.13. The number of benzene rings is 2. The molecule has 0 fully saturated rings. The molecule has 0 heterocycles. The Hall–Kier alpha value is -1.93. The molecule has 1 aliphatic carbocycles. The summed E-state index contributed by atoms with van der Waals surface area (Å²) in [5, 5.41) is 0. The van der Waals surface area contributed by atoms with E-state index >= 15 is 0 Å². The lowest BCUT2D eigenvalue weighted by atomic mass is 9.67. The van der Waals surface area contributed by atoms with E-state index in [2.05, 4.69) is 69.3 Å². The maximum absolute atomic E-state index is 12.4. The number of hydrogen-bond donors (Lipinski definition) is 0. The number of carbonyl (C=O) groups is 1. The summed E-state index contributed by atoms with van der Waals surface area (Å²) in [4.78, 5) is 12.4. The van der Waals surface area contributed by atoms with Crippen molar-refractivity contribution in [2.75, 3.05) is 13.2 Å². The molecule has 28 heavy (non-hydrogen) atoms. The molecule has 3 rings (SSSR count). The van der Waals surface area contributed by atoms with Gasteiger partial charge in [-0.3, -0.25) is 0 Å². The van der Waals surface area contributed by atoms with Gasteiger partial charge < -0.3 is 9.53 Å². The predicted molar refractivity (Wildman–Crippen MR) is 117 cm³/mol. The molecule has 1 atom stereocenters. The van der Waals surface area contributed by atoms with Gasteiger partial charge >= 0.3 is 0 Å². The van der Waals surface area contributed by atoms with Gasteiger partial charge in [0.2, 0.25) is 0 Å².